The maximum atomic E-state index is 5.86. The molecule has 0 saturated carbocycles. The minimum atomic E-state index is 0.843. The third-order valence-corrected chi connectivity index (χ3v) is 3.91. The van der Waals surface area contributed by atoms with Crippen LogP contribution in [0.5, 0.6) is 0 Å². The first kappa shape index (κ1) is 12.3. The van der Waals surface area contributed by atoms with Crippen molar-refractivity contribution in [1.29, 1.82) is 0 Å². The van der Waals surface area contributed by atoms with Gasteiger partial charge in [-0.15, -0.1) is 11.3 Å². The second-order valence-electron chi connectivity index (χ2n) is 3.86. The van der Waals surface area contributed by atoms with Crippen LogP contribution in [0.15, 0.2) is 11.4 Å². The second-order valence-corrected chi connectivity index (χ2v) is 5.29. The number of thiophene rings is 1. The standard InChI is InChI=1S/C11H17ClN2OS/c12-10-7-11(16-9-10)8-13-1-2-14-3-5-15-6-4-14/h7,9,13H,1-6,8H2. The molecule has 2 rings (SSSR count). The molecule has 1 aromatic heterocycles. The zero-order chi connectivity index (χ0) is 11.2. The lowest BCUT2D eigenvalue weighted by Gasteiger charge is -2.26. The molecule has 0 aliphatic carbocycles. The number of rotatable bonds is 5. The molecule has 0 amide bonds. The normalized spacial score (nSPS) is 17.8. The minimum Gasteiger partial charge on any atom is -0.379 e. The van der Waals surface area contributed by atoms with Crippen LogP contribution in [0.1, 0.15) is 4.88 Å². The quantitative estimate of drug-likeness (QED) is 0.818. The summed E-state index contributed by atoms with van der Waals surface area (Å²) in [4.78, 5) is 3.73. The molecule has 0 radical (unpaired) electrons. The second kappa shape index (κ2) is 6.57. The largest absolute Gasteiger partial charge is 0.379 e. The zero-order valence-corrected chi connectivity index (χ0v) is 10.8. The first-order valence-electron chi connectivity index (χ1n) is 5.58. The Hall–Kier alpha value is -0.130. The van der Waals surface area contributed by atoms with E-state index in [1.807, 2.05) is 11.4 Å². The lowest BCUT2D eigenvalue weighted by Crippen LogP contribution is -2.40. The molecule has 1 fully saturated rings. The Bertz CT molecular complexity index is 313. The van der Waals surface area contributed by atoms with Gasteiger partial charge in [-0.3, -0.25) is 4.90 Å². The molecule has 16 heavy (non-hydrogen) atoms. The smallest absolute Gasteiger partial charge is 0.0594 e. The first-order chi connectivity index (χ1) is 7.84. The van der Waals surface area contributed by atoms with E-state index in [9.17, 15) is 0 Å². The van der Waals surface area contributed by atoms with E-state index in [0.717, 1.165) is 51.0 Å². The number of ether oxygens (including phenoxy) is 1. The molecule has 0 atom stereocenters. The maximum Gasteiger partial charge on any atom is 0.0594 e. The predicted molar refractivity (Wildman–Crippen MR) is 68.3 cm³/mol. The van der Waals surface area contributed by atoms with Crippen molar-refractivity contribution in [2.45, 2.75) is 6.54 Å². The fourth-order valence-corrected chi connectivity index (χ4v) is 2.76. The van der Waals surface area contributed by atoms with Crippen molar-refractivity contribution in [3.63, 3.8) is 0 Å². The highest BCUT2D eigenvalue weighted by Crippen LogP contribution is 2.18. The molecule has 0 spiro atoms. The van der Waals surface area contributed by atoms with Gasteiger partial charge >= 0.3 is 0 Å². The molecule has 1 aliphatic heterocycles. The van der Waals surface area contributed by atoms with E-state index in [-0.39, 0.29) is 0 Å². The van der Waals surface area contributed by atoms with Crippen LogP contribution in [0.3, 0.4) is 0 Å². The van der Waals surface area contributed by atoms with Crippen molar-refractivity contribution in [2.75, 3.05) is 39.4 Å². The Kier molecular flexibility index (Phi) is 5.06. The van der Waals surface area contributed by atoms with Gasteiger partial charge in [0.1, 0.15) is 0 Å². The van der Waals surface area contributed by atoms with E-state index < -0.39 is 0 Å². The maximum absolute atomic E-state index is 5.86. The van der Waals surface area contributed by atoms with Crippen LogP contribution in [0.25, 0.3) is 0 Å². The summed E-state index contributed by atoms with van der Waals surface area (Å²) in [6, 6.07) is 2.02. The molecule has 0 unspecified atom stereocenters. The summed E-state index contributed by atoms with van der Waals surface area (Å²) in [5.41, 5.74) is 0. The highest BCUT2D eigenvalue weighted by atomic mass is 35.5. The van der Waals surface area contributed by atoms with Crippen molar-refractivity contribution < 1.29 is 4.74 Å². The van der Waals surface area contributed by atoms with Crippen LogP contribution in [0.4, 0.5) is 0 Å². The number of morpholine rings is 1. The molecule has 0 bridgehead atoms. The molecule has 1 aliphatic rings. The van der Waals surface area contributed by atoms with Gasteiger partial charge in [-0.05, 0) is 6.07 Å². The van der Waals surface area contributed by atoms with Crippen molar-refractivity contribution in [1.82, 2.24) is 10.2 Å². The van der Waals surface area contributed by atoms with Crippen LogP contribution in [0.2, 0.25) is 5.02 Å². The number of nitrogens with one attached hydrogen (secondary N) is 1. The Morgan fingerprint density at radius 3 is 2.94 bits per heavy atom. The molecule has 90 valence electrons. The van der Waals surface area contributed by atoms with Gasteiger partial charge in [0, 0.05) is 43.0 Å². The fourth-order valence-electron chi connectivity index (χ4n) is 1.72. The van der Waals surface area contributed by atoms with Crippen LogP contribution in [-0.2, 0) is 11.3 Å². The molecule has 5 heteroatoms. The zero-order valence-electron chi connectivity index (χ0n) is 9.25. The molecule has 2 heterocycles. The van der Waals surface area contributed by atoms with Crippen LogP contribution in [0, 0.1) is 0 Å². The van der Waals surface area contributed by atoms with Gasteiger partial charge in [-0.2, -0.15) is 0 Å². The van der Waals surface area contributed by atoms with E-state index in [1.165, 1.54) is 4.88 Å². The Balaban J connectivity index is 1.57. The summed E-state index contributed by atoms with van der Waals surface area (Å²) in [6.45, 7) is 6.92. The molecule has 3 nitrogen and oxygen atoms in total. The van der Waals surface area contributed by atoms with E-state index in [2.05, 4.69) is 10.2 Å². The summed E-state index contributed by atoms with van der Waals surface area (Å²) in [5, 5.41) is 6.25. The number of hydrogen-bond donors (Lipinski definition) is 1. The molecule has 1 saturated heterocycles. The van der Waals surface area contributed by atoms with Crippen LogP contribution < -0.4 is 5.32 Å². The fraction of sp³-hybridized carbons (Fsp3) is 0.636. The summed E-state index contributed by atoms with van der Waals surface area (Å²) < 4.78 is 5.30. The molecule has 1 aromatic rings. The van der Waals surface area contributed by atoms with Crippen LogP contribution >= 0.6 is 22.9 Å². The van der Waals surface area contributed by atoms with Gasteiger partial charge in [-0.25, -0.2) is 0 Å². The SMILES string of the molecule is Clc1csc(CNCCN2CCOCC2)c1. The van der Waals surface area contributed by atoms with Gasteiger partial charge in [-0.1, -0.05) is 11.6 Å². The minimum absolute atomic E-state index is 0.843. The average molecular weight is 261 g/mol. The van der Waals surface area contributed by atoms with E-state index >= 15 is 0 Å². The van der Waals surface area contributed by atoms with Gasteiger partial charge < -0.3 is 10.1 Å². The van der Waals surface area contributed by atoms with Gasteiger partial charge in [0.2, 0.25) is 0 Å². The van der Waals surface area contributed by atoms with E-state index in [1.54, 1.807) is 11.3 Å². The first-order valence-corrected chi connectivity index (χ1v) is 6.84. The lowest BCUT2D eigenvalue weighted by molar-refractivity contribution is 0.0384. The predicted octanol–water partition coefficient (Wildman–Crippen LogP) is 1.82. The van der Waals surface area contributed by atoms with Crippen molar-refractivity contribution in [3.8, 4) is 0 Å². The average Bonchev–Trinajstić information content (AvgIpc) is 2.72. The van der Waals surface area contributed by atoms with E-state index in [4.69, 9.17) is 16.3 Å². The van der Waals surface area contributed by atoms with E-state index in [0.29, 0.717) is 0 Å². The summed E-state index contributed by atoms with van der Waals surface area (Å²) in [5.74, 6) is 0. The molecule has 0 aromatic carbocycles. The Labute approximate surface area is 105 Å². The monoisotopic (exact) mass is 260 g/mol. The molecule has 1 N–H and O–H groups in total. The van der Waals surface area contributed by atoms with Gasteiger partial charge in [0.25, 0.3) is 0 Å². The summed E-state index contributed by atoms with van der Waals surface area (Å²) in [7, 11) is 0. The topological polar surface area (TPSA) is 24.5 Å². The molecular weight excluding hydrogens is 244 g/mol. The number of halogens is 1. The van der Waals surface area contributed by atoms with Crippen molar-refractivity contribution in [2.24, 2.45) is 0 Å². The number of hydrogen-bond acceptors (Lipinski definition) is 4. The third kappa shape index (κ3) is 4.03. The van der Waals surface area contributed by atoms with Crippen molar-refractivity contribution >= 4 is 22.9 Å². The highest BCUT2D eigenvalue weighted by Gasteiger charge is 2.08. The highest BCUT2D eigenvalue weighted by molar-refractivity contribution is 7.10. The van der Waals surface area contributed by atoms with Gasteiger partial charge in [0.15, 0.2) is 0 Å². The number of nitrogens with zero attached hydrogens (tertiary/aromatic N) is 1. The summed E-state index contributed by atoms with van der Waals surface area (Å²) in [6.07, 6.45) is 0. The summed E-state index contributed by atoms with van der Waals surface area (Å²) >= 11 is 7.56. The Morgan fingerprint density at radius 2 is 2.25 bits per heavy atom. The third-order valence-electron chi connectivity index (χ3n) is 2.63. The van der Waals surface area contributed by atoms with Gasteiger partial charge in [0.05, 0.1) is 18.2 Å². The van der Waals surface area contributed by atoms with Crippen LogP contribution in [-0.4, -0.2) is 44.3 Å². The van der Waals surface area contributed by atoms with Crippen molar-refractivity contribution in [3.05, 3.63) is 21.3 Å². The molecular formula is C11H17ClN2OS. The Morgan fingerprint density at radius 1 is 1.44 bits per heavy atom. The lowest BCUT2D eigenvalue weighted by atomic mass is 10.4.